The van der Waals surface area contributed by atoms with Crippen molar-refractivity contribution in [3.63, 3.8) is 0 Å². The third-order valence-corrected chi connectivity index (χ3v) is 0.669. The van der Waals surface area contributed by atoms with E-state index in [1.54, 1.807) is 0 Å². The van der Waals surface area contributed by atoms with Crippen molar-refractivity contribution in [2.75, 3.05) is 0 Å². The molecular weight excluding hydrogens is 184 g/mol. The number of carboxylic acid groups (broad SMARTS) is 1. The number of carbonyl (C=O) groups excluding carboxylic acids is 2. The van der Waals surface area contributed by atoms with E-state index in [1.807, 2.05) is 0 Å². The summed E-state index contributed by atoms with van der Waals surface area (Å²) in [5.41, 5.74) is 0. The molecule has 0 aliphatic carbocycles. The summed E-state index contributed by atoms with van der Waals surface area (Å²) in [7, 11) is 0. The minimum absolute atomic E-state index is 0.467. The molecule has 0 spiro atoms. The topological polar surface area (TPSA) is 99.1 Å². The predicted molar refractivity (Wildman–Crippen MR) is 37.2 cm³/mol. The molecule has 0 aliphatic heterocycles. The normalized spacial score (nSPS) is 9.15. The Labute approximate surface area is 73.2 Å². The summed E-state index contributed by atoms with van der Waals surface area (Å²) in [6.45, 7) is 3.06. The van der Waals surface area contributed by atoms with Gasteiger partial charge in [-0.1, -0.05) is 0 Å². The molecule has 13 heavy (non-hydrogen) atoms. The van der Waals surface area contributed by atoms with Crippen molar-refractivity contribution in [1.29, 1.82) is 0 Å². The quantitative estimate of drug-likeness (QED) is 0.494. The van der Waals surface area contributed by atoms with Gasteiger partial charge in [0.05, 0.1) is 6.10 Å². The summed E-state index contributed by atoms with van der Waals surface area (Å²) in [6, 6.07) is 0. The number of hydrogen-bond acceptors (Lipinski definition) is 6. The lowest BCUT2D eigenvalue weighted by Gasteiger charge is -2.05. The van der Waals surface area contributed by atoms with Crippen molar-refractivity contribution in [1.82, 2.24) is 0 Å². The fourth-order valence-corrected chi connectivity index (χ4v) is 0.377. The number of ether oxygens (including phenoxy) is 3. The van der Waals surface area contributed by atoms with E-state index >= 15 is 0 Å². The van der Waals surface area contributed by atoms with Crippen molar-refractivity contribution in [2.24, 2.45) is 0 Å². The van der Waals surface area contributed by atoms with E-state index in [4.69, 9.17) is 5.11 Å². The van der Waals surface area contributed by atoms with E-state index in [2.05, 4.69) is 14.2 Å². The van der Waals surface area contributed by atoms with Gasteiger partial charge in [-0.05, 0) is 13.8 Å². The molecule has 0 bridgehead atoms. The number of hydrogen-bond donors (Lipinski definition) is 1. The van der Waals surface area contributed by atoms with Crippen LogP contribution in [0, 0.1) is 0 Å². The molecule has 0 fully saturated rings. The van der Waals surface area contributed by atoms with Gasteiger partial charge in [-0.2, -0.15) is 0 Å². The van der Waals surface area contributed by atoms with Gasteiger partial charge < -0.3 is 19.3 Å². The molecular formula is C6H8O7. The summed E-state index contributed by atoms with van der Waals surface area (Å²) >= 11 is 0. The van der Waals surface area contributed by atoms with Gasteiger partial charge >= 0.3 is 18.5 Å². The second-order valence-corrected chi connectivity index (χ2v) is 2.14. The minimum Gasteiger partial charge on any atom is -0.449 e. The van der Waals surface area contributed by atoms with Gasteiger partial charge in [0.25, 0.3) is 0 Å². The fourth-order valence-electron chi connectivity index (χ4n) is 0.377. The van der Waals surface area contributed by atoms with Crippen LogP contribution in [0.5, 0.6) is 0 Å². The van der Waals surface area contributed by atoms with Gasteiger partial charge in [-0.3, -0.25) is 0 Å². The van der Waals surface area contributed by atoms with Crippen molar-refractivity contribution in [2.45, 2.75) is 20.0 Å². The second-order valence-electron chi connectivity index (χ2n) is 2.14. The summed E-state index contributed by atoms with van der Waals surface area (Å²) in [5.74, 6) is 0. The Balaban J connectivity index is 3.79. The van der Waals surface area contributed by atoms with Crippen LogP contribution in [0.25, 0.3) is 0 Å². The SMILES string of the molecule is CC(C)OC(=O)OC(=O)OC(=O)O. The largest absolute Gasteiger partial charge is 0.528 e. The predicted octanol–water partition coefficient (Wildman–Crippen LogP) is 1.36. The maximum atomic E-state index is 10.5. The zero-order chi connectivity index (χ0) is 10.4. The first-order valence-electron chi connectivity index (χ1n) is 3.25. The van der Waals surface area contributed by atoms with E-state index in [0.29, 0.717) is 0 Å². The molecule has 0 atom stereocenters. The van der Waals surface area contributed by atoms with E-state index < -0.39 is 24.6 Å². The lowest BCUT2D eigenvalue weighted by Crippen LogP contribution is -2.19. The van der Waals surface area contributed by atoms with Crippen LogP contribution in [-0.4, -0.2) is 29.7 Å². The average molecular weight is 192 g/mol. The highest BCUT2D eigenvalue weighted by atomic mass is 16.8. The van der Waals surface area contributed by atoms with Crippen LogP contribution in [0.3, 0.4) is 0 Å². The summed E-state index contributed by atoms with van der Waals surface area (Å²) in [5, 5.41) is 7.90. The van der Waals surface area contributed by atoms with Gasteiger partial charge in [0.1, 0.15) is 0 Å². The Morgan fingerprint density at radius 2 is 1.62 bits per heavy atom. The monoisotopic (exact) mass is 192 g/mol. The van der Waals surface area contributed by atoms with Gasteiger partial charge in [-0.25, -0.2) is 14.4 Å². The molecule has 0 rings (SSSR count). The molecule has 0 radical (unpaired) electrons. The summed E-state index contributed by atoms with van der Waals surface area (Å²) in [6.07, 6.45) is -5.27. The Morgan fingerprint density at radius 1 is 1.08 bits per heavy atom. The molecule has 0 saturated carbocycles. The molecule has 0 aromatic rings. The van der Waals surface area contributed by atoms with Crippen LogP contribution in [0.1, 0.15) is 13.8 Å². The van der Waals surface area contributed by atoms with E-state index in [9.17, 15) is 14.4 Å². The van der Waals surface area contributed by atoms with E-state index in [-0.39, 0.29) is 0 Å². The lowest BCUT2D eigenvalue weighted by molar-refractivity contribution is 0.0272. The van der Waals surface area contributed by atoms with Crippen LogP contribution in [0.15, 0.2) is 0 Å². The third-order valence-electron chi connectivity index (χ3n) is 0.669. The molecule has 0 heterocycles. The van der Waals surface area contributed by atoms with Crippen molar-refractivity contribution in [3.8, 4) is 0 Å². The van der Waals surface area contributed by atoms with Gasteiger partial charge in [0.2, 0.25) is 0 Å². The minimum atomic E-state index is -1.86. The Hall–Kier alpha value is -1.79. The van der Waals surface area contributed by atoms with Gasteiger partial charge in [0, 0.05) is 0 Å². The van der Waals surface area contributed by atoms with Crippen molar-refractivity contribution >= 4 is 18.5 Å². The first kappa shape index (κ1) is 11.2. The Kier molecular flexibility index (Phi) is 4.28. The molecule has 1 N–H and O–H groups in total. The first-order valence-corrected chi connectivity index (χ1v) is 3.25. The lowest BCUT2D eigenvalue weighted by atomic mass is 10.5. The number of carbonyl (C=O) groups is 3. The molecule has 0 saturated heterocycles. The Morgan fingerprint density at radius 3 is 2.00 bits per heavy atom. The summed E-state index contributed by atoms with van der Waals surface area (Å²) in [4.78, 5) is 30.6. The van der Waals surface area contributed by atoms with Crippen molar-refractivity contribution in [3.05, 3.63) is 0 Å². The zero-order valence-corrected chi connectivity index (χ0v) is 6.97. The maximum Gasteiger partial charge on any atom is 0.528 e. The second kappa shape index (κ2) is 4.96. The Bertz CT molecular complexity index is 219. The highest BCUT2D eigenvalue weighted by Gasteiger charge is 2.17. The van der Waals surface area contributed by atoms with Crippen LogP contribution in [0.4, 0.5) is 14.4 Å². The van der Waals surface area contributed by atoms with Gasteiger partial charge in [0.15, 0.2) is 0 Å². The van der Waals surface area contributed by atoms with E-state index in [1.165, 1.54) is 13.8 Å². The molecule has 7 nitrogen and oxygen atoms in total. The van der Waals surface area contributed by atoms with Crippen LogP contribution >= 0.6 is 0 Å². The molecule has 0 aromatic heterocycles. The molecule has 7 heteroatoms. The standard InChI is InChI=1S/C6H8O7/c1-3(2)11-5(9)13-6(10)12-4(7)8/h3H,1-2H3,(H,7,8). The smallest absolute Gasteiger partial charge is 0.449 e. The third kappa shape index (κ3) is 6.60. The van der Waals surface area contributed by atoms with Gasteiger partial charge in [-0.15, -0.1) is 0 Å². The highest BCUT2D eigenvalue weighted by molar-refractivity contribution is 5.83. The van der Waals surface area contributed by atoms with Crippen LogP contribution < -0.4 is 0 Å². The number of rotatable bonds is 1. The summed E-state index contributed by atoms with van der Waals surface area (Å²) < 4.78 is 11.6. The fraction of sp³-hybridized carbons (Fsp3) is 0.500. The van der Waals surface area contributed by atoms with E-state index in [0.717, 1.165) is 0 Å². The molecule has 0 unspecified atom stereocenters. The molecule has 0 aliphatic rings. The highest BCUT2D eigenvalue weighted by Crippen LogP contribution is 1.95. The average Bonchev–Trinajstić information content (AvgIpc) is 1.80. The van der Waals surface area contributed by atoms with Crippen LogP contribution in [0.2, 0.25) is 0 Å². The first-order chi connectivity index (χ1) is 5.91. The zero-order valence-electron chi connectivity index (χ0n) is 6.97. The van der Waals surface area contributed by atoms with Crippen molar-refractivity contribution < 1.29 is 33.7 Å². The maximum absolute atomic E-state index is 10.5. The van der Waals surface area contributed by atoms with Crippen LogP contribution in [-0.2, 0) is 14.2 Å². The molecule has 74 valence electrons. The molecule has 0 aromatic carbocycles. The molecule has 0 amide bonds.